The molecule has 0 saturated heterocycles. The molecule has 0 aromatic heterocycles. The van der Waals surface area contributed by atoms with Crippen molar-refractivity contribution in [3.63, 3.8) is 0 Å². The zero-order chi connectivity index (χ0) is 63.6. The van der Waals surface area contributed by atoms with E-state index in [4.69, 9.17) is 0 Å². The van der Waals surface area contributed by atoms with E-state index in [0.717, 1.165) is 68.4 Å². The lowest BCUT2D eigenvalue weighted by atomic mass is 9.30. The van der Waals surface area contributed by atoms with E-state index < -0.39 is 60.0 Å². The van der Waals surface area contributed by atoms with Gasteiger partial charge in [0.1, 0.15) is 46.5 Å². The number of fused-ring (bicyclic) bond motifs is 8. The molecule has 0 spiro atoms. The number of para-hydroxylation sites is 6. The summed E-state index contributed by atoms with van der Waals surface area (Å²) in [6.07, 6.45) is 0. The third-order valence-electron chi connectivity index (χ3n) is 18.2. The molecule has 0 N–H and O–H groups in total. The van der Waals surface area contributed by atoms with Crippen LogP contribution in [0.4, 0.5) is 137 Å². The molecule has 0 atom stereocenters. The van der Waals surface area contributed by atoms with E-state index in [0.29, 0.717) is 68.2 Å². The van der Waals surface area contributed by atoms with Gasteiger partial charge in [-0.25, -0.2) is 35.1 Å². The fourth-order valence-corrected chi connectivity index (χ4v) is 14.5. The average Bonchev–Trinajstić information content (AvgIpc) is 0.685. The van der Waals surface area contributed by atoms with Gasteiger partial charge in [0.2, 0.25) is 0 Å². The molecule has 0 aliphatic carbocycles. The van der Waals surface area contributed by atoms with E-state index >= 15 is 35.1 Å². The fraction of sp³-hybridized carbons (Fsp3) is 0. The van der Waals surface area contributed by atoms with Gasteiger partial charge in [-0.1, -0.05) is 115 Å². The van der Waals surface area contributed by atoms with Crippen LogP contribution in [0.15, 0.2) is 279 Å². The molecular formula is C78H46B2F8N6. The first-order valence-electron chi connectivity index (χ1n) is 30.5. The summed E-state index contributed by atoms with van der Waals surface area (Å²) in [7, 11) is 0. The third-order valence-corrected chi connectivity index (χ3v) is 18.2. The fourth-order valence-electron chi connectivity index (χ4n) is 14.5. The van der Waals surface area contributed by atoms with Crippen molar-refractivity contribution in [3.05, 3.63) is 326 Å². The van der Waals surface area contributed by atoms with E-state index in [1.807, 2.05) is 194 Å². The van der Waals surface area contributed by atoms with Gasteiger partial charge in [-0.2, -0.15) is 0 Å². The zero-order valence-electron chi connectivity index (χ0n) is 49.4. The van der Waals surface area contributed by atoms with Gasteiger partial charge >= 0.3 is 0 Å². The van der Waals surface area contributed by atoms with Gasteiger partial charge < -0.3 is 29.4 Å². The smallest absolute Gasteiger partial charge is 0.252 e. The van der Waals surface area contributed by atoms with Crippen LogP contribution in [-0.2, 0) is 0 Å². The number of hydrogen-bond donors (Lipinski definition) is 0. The summed E-state index contributed by atoms with van der Waals surface area (Å²) >= 11 is 0. The number of benzene rings is 13. The molecule has 0 amide bonds. The van der Waals surface area contributed by atoms with E-state index in [9.17, 15) is 0 Å². The largest absolute Gasteiger partial charge is 0.311 e. The molecule has 94 heavy (non-hydrogen) atoms. The van der Waals surface area contributed by atoms with Gasteiger partial charge in [-0.15, -0.1) is 0 Å². The second-order valence-electron chi connectivity index (χ2n) is 23.5. The molecule has 0 radical (unpaired) electrons. The predicted octanol–water partition coefficient (Wildman–Crippen LogP) is 17.9. The van der Waals surface area contributed by atoms with Gasteiger partial charge in [-0.05, 0) is 172 Å². The van der Waals surface area contributed by atoms with Crippen molar-refractivity contribution in [2.24, 2.45) is 0 Å². The van der Waals surface area contributed by atoms with Crippen LogP contribution in [0, 0.1) is 46.5 Å². The highest BCUT2D eigenvalue weighted by Crippen LogP contribution is 2.53. The number of halogens is 8. The molecule has 0 unspecified atom stereocenters. The lowest BCUT2D eigenvalue weighted by molar-refractivity contribution is 0.583. The highest BCUT2D eigenvalue weighted by molar-refractivity contribution is 7.03. The summed E-state index contributed by atoms with van der Waals surface area (Å²) in [5.41, 5.74) is 13.0. The first kappa shape index (κ1) is 56.2. The number of hydrogen-bond acceptors (Lipinski definition) is 6. The minimum atomic E-state index is -0.839. The monoisotopic (exact) mass is 1240 g/mol. The Bertz CT molecular complexity index is 4910. The topological polar surface area (TPSA) is 19.4 Å². The number of anilines is 18. The van der Waals surface area contributed by atoms with Crippen molar-refractivity contribution >= 4 is 149 Å². The van der Waals surface area contributed by atoms with Gasteiger partial charge in [0.05, 0.1) is 34.1 Å². The van der Waals surface area contributed by atoms with Crippen molar-refractivity contribution in [2.45, 2.75) is 0 Å². The number of nitrogens with zero attached hydrogens (tertiary/aromatic N) is 6. The summed E-state index contributed by atoms with van der Waals surface area (Å²) < 4.78 is 128. The summed E-state index contributed by atoms with van der Waals surface area (Å²) in [6, 6.07) is 79.1. The van der Waals surface area contributed by atoms with E-state index in [1.54, 1.807) is 19.6 Å². The van der Waals surface area contributed by atoms with Crippen molar-refractivity contribution in [2.75, 3.05) is 29.4 Å². The van der Waals surface area contributed by atoms with Crippen LogP contribution in [0.3, 0.4) is 0 Å². The van der Waals surface area contributed by atoms with E-state index in [-0.39, 0.29) is 22.7 Å². The van der Waals surface area contributed by atoms with E-state index in [1.165, 1.54) is 48.5 Å². The van der Waals surface area contributed by atoms with Crippen LogP contribution in [-0.4, -0.2) is 13.4 Å². The zero-order valence-corrected chi connectivity index (χ0v) is 49.4. The molecule has 0 saturated carbocycles. The standard InChI is InChI=1S/C78H46B2F8N6/c81-47-29-33-67(61(85)37-47)89(51-17-5-1-6-18-51)55-41-73-77-75(43-55)93(69-35-31-49(83)39-63(69)87)65-27-15-13-25-57(65)79(77)59-45-60-72(46-71(59)91(73)53-21-9-3-10-22-53)92(54-23-11-4-12-24-54)74-42-56(90(52-19-7-2-8-20-52)68-34-30-48(82)38-62(68)86)44-76-78(74)80(60)58-26-14-16-28-66(58)94(76)70-36-32-50(84)40-64(70)88/h1-46H. The second kappa shape index (κ2) is 22.0. The molecule has 13 aromatic rings. The Morgan fingerprint density at radius 3 is 0.926 bits per heavy atom. The first-order valence-corrected chi connectivity index (χ1v) is 30.5. The van der Waals surface area contributed by atoms with Crippen LogP contribution >= 0.6 is 0 Å². The first-order chi connectivity index (χ1) is 45.9. The lowest BCUT2D eigenvalue weighted by Gasteiger charge is -2.47. The van der Waals surface area contributed by atoms with Crippen LogP contribution in [0.5, 0.6) is 0 Å². The molecule has 13 aromatic carbocycles. The highest BCUT2D eigenvalue weighted by atomic mass is 19.2. The summed E-state index contributed by atoms with van der Waals surface area (Å²) in [5, 5.41) is 0. The SMILES string of the molecule is Fc1ccc(N(c2ccccc2)c2cc3c4c(c2)N(c2ccc(F)cc2F)c2ccccc2B4c2cc4c(cc2N3c2ccccc2)N(c2ccccc2)c2cc(N(c3ccccc3)c3ccc(F)cc3F)cc3c2B4c2ccccc2N3c2ccc(F)cc2F)c(F)c1. The Labute approximate surface area is 536 Å². The van der Waals surface area contributed by atoms with Crippen LogP contribution in [0.2, 0.25) is 0 Å². The van der Waals surface area contributed by atoms with Crippen LogP contribution in [0.1, 0.15) is 0 Å². The van der Waals surface area contributed by atoms with Gasteiger partial charge in [-0.3, -0.25) is 0 Å². The molecule has 4 aliphatic heterocycles. The molecule has 4 heterocycles. The number of rotatable bonds is 10. The maximum absolute atomic E-state index is 17.1. The third kappa shape index (κ3) is 8.87. The van der Waals surface area contributed by atoms with Gasteiger partial charge in [0, 0.05) is 92.5 Å². The van der Waals surface area contributed by atoms with E-state index in [2.05, 4.69) is 21.9 Å². The lowest BCUT2D eigenvalue weighted by Crippen LogP contribution is -2.65. The second-order valence-corrected chi connectivity index (χ2v) is 23.5. The van der Waals surface area contributed by atoms with Crippen molar-refractivity contribution < 1.29 is 35.1 Å². The Balaban J connectivity index is 1.00. The average molecular weight is 1240 g/mol. The van der Waals surface area contributed by atoms with Gasteiger partial charge in [0.15, 0.2) is 0 Å². The molecule has 450 valence electrons. The van der Waals surface area contributed by atoms with Crippen LogP contribution < -0.4 is 62.2 Å². The minimum Gasteiger partial charge on any atom is -0.311 e. The van der Waals surface area contributed by atoms with Crippen molar-refractivity contribution in [1.29, 1.82) is 0 Å². The summed E-state index contributed by atoms with van der Waals surface area (Å²) in [4.78, 5) is 11.3. The van der Waals surface area contributed by atoms with Crippen molar-refractivity contribution in [1.82, 2.24) is 0 Å². The molecule has 17 rings (SSSR count). The maximum atomic E-state index is 17.1. The molecule has 0 bridgehead atoms. The Morgan fingerprint density at radius 2 is 0.553 bits per heavy atom. The molecule has 6 nitrogen and oxygen atoms in total. The van der Waals surface area contributed by atoms with Crippen molar-refractivity contribution in [3.8, 4) is 0 Å². The molecule has 0 fully saturated rings. The molecular weight excluding hydrogens is 1190 g/mol. The van der Waals surface area contributed by atoms with Gasteiger partial charge in [0.25, 0.3) is 13.4 Å². The normalized spacial score (nSPS) is 13.0. The Morgan fingerprint density at radius 1 is 0.223 bits per heavy atom. The van der Waals surface area contributed by atoms with Crippen LogP contribution in [0.25, 0.3) is 0 Å². The Hall–Kier alpha value is -11.8. The minimum absolute atomic E-state index is 0.0287. The maximum Gasteiger partial charge on any atom is 0.252 e. The molecule has 16 heteroatoms. The highest BCUT2D eigenvalue weighted by Gasteiger charge is 2.49. The predicted molar refractivity (Wildman–Crippen MR) is 364 cm³/mol. The summed E-state index contributed by atoms with van der Waals surface area (Å²) in [5.74, 6) is -6.42. The summed E-state index contributed by atoms with van der Waals surface area (Å²) in [6.45, 7) is -1.27. The molecule has 4 aliphatic rings. The Kier molecular flexibility index (Phi) is 13.1. The quantitative estimate of drug-likeness (QED) is 0.0997.